The molecule has 0 aliphatic rings. The van der Waals surface area contributed by atoms with Crippen LogP contribution in [0.15, 0.2) is 36.7 Å². The lowest BCUT2D eigenvalue weighted by atomic mass is 10.1. The van der Waals surface area contributed by atoms with E-state index in [-0.39, 0.29) is 11.9 Å². The van der Waals surface area contributed by atoms with Crippen LogP contribution in [0, 0.1) is 0 Å². The van der Waals surface area contributed by atoms with Gasteiger partial charge in [0.15, 0.2) is 0 Å². The third kappa shape index (κ3) is 3.60. The molecule has 1 aromatic carbocycles. The van der Waals surface area contributed by atoms with E-state index in [9.17, 15) is 4.79 Å². The highest BCUT2D eigenvalue weighted by atomic mass is 16.5. The number of aromatic nitrogens is 2. The molecule has 2 rings (SSSR count). The van der Waals surface area contributed by atoms with Gasteiger partial charge in [-0.1, -0.05) is 12.1 Å². The van der Waals surface area contributed by atoms with Crippen LogP contribution in [0.1, 0.15) is 25.5 Å². The van der Waals surface area contributed by atoms with E-state index in [0.29, 0.717) is 6.42 Å². The Bertz CT molecular complexity index is 573. The molecule has 0 spiro atoms. The van der Waals surface area contributed by atoms with Crippen LogP contribution in [0.5, 0.6) is 5.75 Å². The zero-order valence-electron chi connectivity index (χ0n) is 12.0. The lowest BCUT2D eigenvalue weighted by Crippen LogP contribution is -2.14. The highest BCUT2D eigenvalue weighted by Gasteiger charge is 2.07. The quantitative estimate of drug-likeness (QED) is 0.911. The van der Waals surface area contributed by atoms with E-state index in [2.05, 4.69) is 10.4 Å². The summed E-state index contributed by atoms with van der Waals surface area (Å²) in [6.07, 6.45) is 3.82. The molecule has 0 saturated heterocycles. The Morgan fingerprint density at radius 3 is 2.60 bits per heavy atom. The Morgan fingerprint density at radius 1 is 1.35 bits per heavy atom. The molecule has 2 aromatic rings. The molecule has 5 heteroatoms. The van der Waals surface area contributed by atoms with Crippen molar-refractivity contribution in [2.45, 2.75) is 26.3 Å². The Kier molecular flexibility index (Phi) is 4.40. The Balaban J connectivity index is 1.93. The lowest BCUT2D eigenvalue weighted by Gasteiger charge is -2.05. The van der Waals surface area contributed by atoms with Crippen molar-refractivity contribution in [1.29, 1.82) is 0 Å². The lowest BCUT2D eigenvalue weighted by molar-refractivity contribution is -0.115. The van der Waals surface area contributed by atoms with Gasteiger partial charge in [-0.15, -0.1) is 0 Å². The van der Waals surface area contributed by atoms with E-state index < -0.39 is 0 Å². The monoisotopic (exact) mass is 273 g/mol. The van der Waals surface area contributed by atoms with Crippen molar-refractivity contribution in [3.8, 4) is 5.75 Å². The maximum atomic E-state index is 11.9. The fourth-order valence-corrected chi connectivity index (χ4v) is 1.82. The first-order valence-corrected chi connectivity index (χ1v) is 6.55. The highest BCUT2D eigenvalue weighted by molar-refractivity contribution is 5.91. The predicted octanol–water partition coefficient (Wildman–Crippen LogP) is 2.65. The van der Waals surface area contributed by atoms with Crippen molar-refractivity contribution < 1.29 is 9.53 Å². The van der Waals surface area contributed by atoms with E-state index in [1.165, 1.54) is 0 Å². The first-order valence-electron chi connectivity index (χ1n) is 6.55. The van der Waals surface area contributed by atoms with Crippen LogP contribution in [-0.2, 0) is 11.2 Å². The standard InChI is InChI=1S/C15H19N3O2/c1-11(2)18-10-13(9-16-18)17-15(19)8-12-4-6-14(20-3)7-5-12/h4-7,9-11H,8H2,1-3H3,(H,17,19). The number of rotatable bonds is 5. The first kappa shape index (κ1) is 14.1. The molecular weight excluding hydrogens is 254 g/mol. The van der Waals surface area contributed by atoms with Crippen LogP contribution >= 0.6 is 0 Å². The molecule has 1 amide bonds. The molecule has 0 saturated carbocycles. The summed E-state index contributed by atoms with van der Waals surface area (Å²) in [5, 5.41) is 7.02. The molecule has 0 fully saturated rings. The van der Waals surface area contributed by atoms with Gasteiger partial charge in [-0.2, -0.15) is 5.10 Å². The summed E-state index contributed by atoms with van der Waals surface area (Å²) in [5.41, 5.74) is 1.66. The van der Waals surface area contributed by atoms with Crippen LogP contribution in [0.25, 0.3) is 0 Å². The van der Waals surface area contributed by atoms with Gasteiger partial charge in [-0.25, -0.2) is 0 Å². The summed E-state index contributed by atoms with van der Waals surface area (Å²) in [7, 11) is 1.62. The Labute approximate surface area is 118 Å². The Morgan fingerprint density at radius 2 is 2.05 bits per heavy atom. The average Bonchev–Trinajstić information content (AvgIpc) is 2.88. The maximum Gasteiger partial charge on any atom is 0.228 e. The van der Waals surface area contributed by atoms with Crippen molar-refractivity contribution >= 4 is 11.6 Å². The van der Waals surface area contributed by atoms with Gasteiger partial charge in [0.2, 0.25) is 5.91 Å². The minimum atomic E-state index is -0.0570. The van der Waals surface area contributed by atoms with Gasteiger partial charge in [0.05, 0.1) is 25.4 Å². The molecule has 0 aliphatic heterocycles. The fourth-order valence-electron chi connectivity index (χ4n) is 1.82. The van der Waals surface area contributed by atoms with Crippen molar-refractivity contribution in [2.24, 2.45) is 0 Å². The van der Waals surface area contributed by atoms with E-state index in [1.54, 1.807) is 13.3 Å². The van der Waals surface area contributed by atoms with Gasteiger partial charge in [0.25, 0.3) is 0 Å². The summed E-state index contributed by atoms with van der Waals surface area (Å²) in [5.74, 6) is 0.728. The molecular formula is C15H19N3O2. The van der Waals surface area contributed by atoms with Crippen LogP contribution < -0.4 is 10.1 Å². The molecule has 1 N–H and O–H groups in total. The minimum absolute atomic E-state index is 0.0570. The van der Waals surface area contributed by atoms with Gasteiger partial charge in [-0.05, 0) is 31.5 Å². The van der Waals surface area contributed by atoms with E-state index in [0.717, 1.165) is 17.0 Å². The number of carbonyl (C=O) groups excluding carboxylic acids is 1. The number of carbonyl (C=O) groups is 1. The number of amides is 1. The molecule has 0 bridgehead atoms. The normalized spacial score (nSPS) is 10.6. The van der Waals surface area contributed by atoms with Gasteiger partial charge in [0, 0.05) is 12.2 Å². The average molecular weight is 273 g/mol. The Hall–Kier alpha value is -2.30. The number of hydrogen-bond donors (Lipinski definition) is 1. The van der Waals surface area contributed by atoms with Gasteiger partial charge in [0.1, 0.15) is 5.75 Å². The molecule has 1 heterocycles. The number of ether oxygens (including phenoxy) is 1. The van der Waals surface area contributed by atoms with Crippen molar-refractivity contribution in [3.63, 3.8) is 0 Å². The van der Waals surface area contributed by atoms with Crippen molar-refractivity contribution in [2.75, 3.05) is 12.4 Å². The minimum Gasteiger partial charge on any atom is -0.497 e. The molecule has 20 heavy (non-hydrogen) atoms. The van der Waals surface area contributed by atoms with Crippen molar-refractivity contribution in [1.82, 2.24) is 9.78 Å². The molecule has 0 unspecified atom stereocenters. The summed E-state index contributed by atoms with van der Waals surface area (Å²) in [6, 6.07) is 7.74. The van der Waals surface area contributed by atoms with E-state index in [1.807, 2.05) is 49.0 Å². The highest BCUT2D eigenvalue weighted by Crippen LogP contribution is 2.13. The van der Waals surface area contributed by atoms with E-state index >= 15 is 0 Å². The number of nitrogens with one attached hydrogen (secondary N) is 1. The topological polar surface area (TPSA) is 56.1 Å². The molecule has 5 nitrogen and oxygen atoms in total. The third-order valence-corrected chi connectivity index (χ3v) is 2.94. The maximum absolute atomic E-state index is 11.9. The SMILES string of the molecule is COc1ccc(CC(=O)Nc2cnn(C(C)C)c2)cc1. The molecule has 106 valence electrons. The third-order valence-electron chi connectivity index (χ3n) is 2.94. The number of hydrogen-bond acceptors (Lipinski definition) is 3. The number of benzene rings is 1. The van der Waals surface area contributed by atoms with E-state index in [4.69, 9.17) is 4.74 Å². The van der Waals surface area contributed by atoms with Crippen LogP contribution in [0.3, 0.4) is 0 Å². The smallest absolute Gasteiger partial charge is 0.228 e. The van der Waals surface area contributed by atoms with Gasteiger partial charge < -0.3 is 10.1 Å². The van der Waals surface area contributed by atoms with Gasteiger partial charge in [-0.3, -0.25) is 9.48 Å². The fraction of sp³-hybridized carbons (Fsp3) is 0.333. The summed E-state index contributed by atoms with van der Waals surface area (Å²) in [4.78, 5) is 11.9. The largest absolute Gasteiger partial charge is 0.497 e. The second kappa shape index (κ2) is 6.23. The summed E-state index contributed by atoms with van der Waals surface area (Å²) >= 11 is 0. The molecule has 0 atom stereocenters. The van der Waals surface area contributed by atoms with Crippen LogP contribution in [-0.4, -0.2) is 22.8 Å². The second-order valence-electron chi connectivity index (χ2n) is 4.88. The zero-order chi connectivity index (χ0) is 14.5. The predicted molar refractivity (Wildman–Crippen MR) is 77.9 cm³/mol. The molecule has 0 radical (unpaired) electrons. The molecule has 1 aromatic heterocycles. The van der Waals surface area contributed by atoms with Crippen molar-refractivity contribution in [3.05, 3.63) is 42.2 Å². The molecule has 0 aliphatic carbocycles. The van der Waals surface area contributed by atoms with Crippen LogP contribution in [0.2, 0.25) is 0 Å². The number of anilines is 1. The first-order chi connectivity index (χ1) is 9.58. The summed E-state index contributed by atoms with van der Waals surface area (Å²) in [6.45, 7) is 4.08. The number of nitrogens with zero attached hydrogens (tertiary/aromatic N) is 2. The zero-order valence-corrected chi connectivity index (χ0v) is 12.0. The summed E-state index contributed by atoms with van der Waals surface area (Å²) < 4.78 is 6.89. The van der Waals surface area contributed by atoms with Gasteiger partial charge >= 0.3 is 0 Å². The van der Waals surface area contributed by atoms with Crippen LogP contribution in [0.4, 0.5) is 5.69 Å². The second-order valence-corrected chi connectivity index (χ2v) is 4.88. The number of methoxy groups -OCH3 is 1.